The Morgan fingerprint density at radius 1 is 1.14 bits per heavy atom. The van der Waals surface area contributed by atoms with Gasteiger partial charge in [-0.05, 0) is 49.9 Å². The Balaban J connectivity index is 1.57. The molecule has 0 atom stereocenters. The highest BCUT2D eigenvalue weighted by molar-refractivity contribution is 6.08. The lowest BCUT2D eigenvalue weighted by atomic mass is 10.1. The second kappa shape index (κ2) is 7.42. The summed E-state index contributed by atoms with van der Waals surface area (Å²) in [5.41, 5.74) is 4.09. The first-order chi connectivity index (χ1) is 13.5. The summed E-state index contributed by atoms with van der Waals surface area (Å²) in [6.07, 6.45) is 6.86. The topological polar surface area (TPSA) is 88.9 Å². The lowest BCUT2D eigenvalue weighted by Crippen LogP contribution is -2.16. The number of nitrogens with zero attached hydrogens (tertiary/aromatic N) is 3. The van der Waals surface area contributed by atoms with E-state index >= 15 is 0 Å². The molecule has 1 aliphatic rings. The van der Waals surface area contributed by atoms with Gasteiger partial charge in [-0.15, -0.1) is 0 Å². The van der Waals surface area contributed by atoms with Crippen LogP contribution in [0.25, 0.3) is 11.2 Å². The number of anilines is 2. The fourth-order valence-electron chi connectivity index (χ4n) is 3.17. The Kier molecular flexibility index (Phi) is 4.81. The van der Waals surface area contributed by atoms with Gasteiger partial charge in [0.25, 0.3) is 5.91 Å². The van der Waals surface area contributed by atoms with E-state index in [0.717, 1.165) is 30.5 Å². The van der Waals surface area contributed by atoms with Crippen molar-refractivity contribution in [1.29, 1.82) is 0 Å². The van der Waals surface area contributed by atoms with E-state index in [1.54, 1.807) is 24.7 Å². The van der Waals surface area contributed by atoms with E-state index in [1.807, 2.05) is 26.0 Å². The lowest BCUT2D eigenvalue weighted by Gasteiger charge is -2.13. The van der Waals surface area contributed by atoms with E-state index in [0.29, 0.717) is 34.9 Å². The van der Waals surface area contributed by atoms with Gasteiger partial charge in [-0.1, -0.05) is 13.0 Å². The van der Waals surface area contributed by atoms with Gasteiger partial charge in [-0.25, -0.2) is 9.97 Å². The Labute approximate surface area is 163 Å². The Morgan fingerprint density at radius 2 is 1.96 bits per heavy atom. The number of aromatic nitrogens is 3. The van der Waals surface area contributed by atoms with Gasteiger partial charge in [-0.2, -0.15) is 0 Å². The molecule has 1 aliphatic carbocycles. The first-order valence-corrected chi connectivity index (χ1v) is 9.59. The van der Waals surface area contributed by atoms with Crippen LogP contribution < -0.4 is 10.6 Å². The van der Waals surface area contributed by atoms with Gasteiger partial charge in [0.2, 0.25) is 5.91 Å². The van der Waals surface area contributed by atoms with Crippen LogP contribution in [-0.2, 0) is 4.79 Å². The molecule has 1 aromatic carbocycles. The smallest absolute Gasteiger partial charge is 0.257 e. The van der Waals surface area contributed by atoms with E-state index in [4.69, 9.17) is 0 Å². The molecule has 7 heteroatoms. The number of amides is 2. The minimum absolute atomic E-state index is 0.0736. The number of carbonyl (C=O) groups excluding carboxylic acids is 2. The van der Waals surface area contributed by atoms with Crippen molar-refractivity contribution in [2.24, 2.45) is 0 Å². The molecule has 3 aromatic rings. The largest absolute Gasteiger partial charge is 0.324 e. The van der Waals surface area contributed by atoms with Crippen LogP contribution in [0.4, 0.5) is 11.4 Å². The van der Waals surface area contributed by atoms with Gasteiger partial charge in [0.15, 0.2) is 5.65 Å². The maximum Gasteiger partial charge on any atom is 0.257 e. The summed E-state index contributed by atoms with van der Waals surface area (Å²) in [5.74, 6) is -0.359. The molecule has 2 N–H and O–H groups in total. The average Bonchev–Trinajstić information content (AvgIpc) is 3.43. The van der Waals surface area contributed by atoms with Crippen LogP contribution >= 0.6 is 0 Å². The third-order valence-corrected chi connectivity index (χ3v) is 4.79. The Morgan fingerprint density at radius 3 is 2.71 bits per heavy atom. The number of hydrogen-bond acceptors (Lipinski definition) is 4. The van der Waals surface area contributed by atoms with Crippen LogP contribution in [0.2, 0.25) is 0 Å². The summed E-state index contributed by atoms with van der Waals surface area (Å²) in [7, 11) is 0. The number of benzene rings is 1. The molecule has 1 fully saturated rings. The molecule has 2 heterocycles. The highest BCUT2D eigenvalue weighted by atomic mass is 16.2. The van der Waals surface area contributed by atoms with Crippen molar-refractivity contribution in [3.63, 3.8) is 0 Å². The van der Waals surface area contributed by atoms with Crippen LogP contribution in [0.15, 0.2) is 36.8 Å². The summed E-state index contributed by atoms with van der Waals surface area (Å²) < 4.78 is 2.07. The number of pyridine rings is 1. The van der Waals surface area contributed by atoms with E-state index in [2.05, 4.69) is 25.2 Å². The molecule has 1 saturated carbocycles. The zero-order valence-corrected chi connectivity index (χ0v) is 16.0. The number of fused-ring (bicyclic) bond motifs is 1. The average molecular weight is 377 g/mol. The number of carbonyl (C=O) groups is 2. The minimum atomic E-state index is -0.285. The number of aryl methyl sites for hydroxylation is 1. The maximum absolute atomic E-state index is 12.8. The molecule has 2 aromatic heterocycles. The van der Waals surface area contributed by atoms with E-state index in [1.165, 1.54) is 0 Å². The molecule has 0 spiro atoms. The molecule has 28 heavy (non-hydrogen) atoms. The van der Waals surface area contributed by atoms with Gasteiger partial charge in [0.1, 0.15) is 5.52 Å². The van der Waals surface area contributed by atoms with Crippen LogP contribution in [0.3, 0.4) is 0 Å². The Hall–Kier alpha value is -3.22. The van der Waals surface area contributed by atoms with E-state index in [-0.39, 0.29) is 11.8 Å². The summed E-state index contributed by atoms with van der Waals surface area (Å²) in [6, 6.07) is 7.78. The van der Waals surface area contributed by atoms with Gasteiger partial charge in [0, 0.05) is 18.7 Å². The molecule has 4 rings (SSSR count). The normalized spacial score (nSPS) is 13.5. The standard InChI is InChI=1S/C21H23N5O2/c1-3-4-19(27)24-16-8-5-13(2)9-17(16)25-21(28)14-10-18-20(22-11-14)26(12-23-18)15-6-7-15/h5,8-12,15H,3-4,6-7H2,1-2H3,(H,24,27)(H,25,28). The number of imidazole rings is 1. The molecule has 0 aliphatic heterocycles. The predicted octanol–water partition coefficient (Wildman–Crippen LogP) is 4.07. The highest BCUT2D eigenvalue weighted by Gasteiger charge is 2.25. The SMILES string of the molecule is CCCC(=O)Nc1ccc(C)cc1NC(=O)c1cnc2c(c1)ncn2C1CC1. The van der Waals surface area contributed by atoms with Gasteiger partial charge in [-0.3, -0.25) is 9.59 Å². The molecule has 0 saturated heterocycles. The molecule has 0 radical (unpaired) electrons. The fourth-order valence-corrected chi connectivity index (χ4v) is 3.17. The first kappa shape index (κ1) is 18.2. The van der Waals surface area contributed by atoms with Crippen LogP contribution in [-0.4, -0.2) is 26.3 Å². The summed E-state index contributed by atoms with van der Waals surface area (Å²) in [4.78, 5) is 33.6. The Bertz CT molecular complexity index is 1050. The third kappa shape index (κ3) is 3.74. The molecule has 2 amide bonds. The third-order valence-electron chi connectivity index (χ3n) is 4.79. The summed E-state index contributed by atoms with van der Waals surface area (Å²) in [6.45, 7) is 3.89. The zero-order chi connectivity index (χ0) is 19.7. The minimum Gasteiger partial charge on any atom is -0.324 e. The first-order valence-electron chi connectivity index (χ1n) is 9.59. The van der Waals surface area contributed by atoms with Crippen molar-refractivity contribution in [3.05, 3.63) is 47.9 Å². The van der Waals surface area contributed by atoms with E-state index < -0.39 is 0 Å². The molecule has 0 bridgehead atoms. The number of hydrogen-bond donors (Lipinski definition) is 2. The lowest BCUT2D eigenvalue weighted by molar-refractivity contribution is -0.116. The monoisotopic (exact) mass is 377 g/mol. The second-order valence-electron chi connectivity index (χ2n) is 7.25. The van der Waals surface area contributed by atoms with Gasteiger partial charge in [0.05, 0.1) is 23.3 Å². The van der Waals surface area contributed by atoms with Crippen molar-refractivity contribution in [3.8, 4) is 0 Å². The van der Waals surface area contributed by atoms with E-state index in [9.17, 15) is 9.59 Å². The molecular formula is C21H23N5O2. The molecule has 144 valence electrons. The molecular weight excluding hydrogens is 354 g/mol. The van der Waals surface area contributed by atoms with Crippen molar-refractivity contribution in [1.82, 2.24) is 14.5 Å². The van der Waals surface area contributed by atoms with Gasteiger partial charge < -0.3 is 15.2 Å². The van der Waals surface area contributed by atoms with Gasteiger partial charge >= 0.3 is 0 Å². The van der Waals surface area contributed by atoms with Crippen molar-refractivity contribution >= 4 is 34.4 Å². The van der Waals surface area contributed by atoms with Crippen molar-refractivity contribution in [2.75, 3.05) is 10.6 Å². The number of rotatable bonds is 6. The summed E-state index contributed by atoms with van der Waals surface area (Å²) >= 11 is 0. The van der Waals surface area contributed by atoms with Crippen molar-refractivity contribution < 1.29 is 9.59 Å². The van der Waals surface area contributed by atoms with Crippen LogP contribution in [0.1, 0.15) is 54.6 Å². The molecule has 0 unspecified atom stereocenters. The zero-order valence-electron chi connectivity index (χ0n) is 16.0. The quantitative estimate of drug-likeness (QED) is 0.678. The molecule has 7 nitrogen and oxygen atoms in total. The maximum atomic E-state index is 12.8. The number of nitrogens with one attached hydrogen (secondary N) is 2. The highest BCUT2D eigenvalue weighted by Crippen LogP contribution is 2.36. The van der Waals surface area contributed by atoms with Crippen molar-refractivity contribution in [2.45, 2.75) is 45.6 Å². The second-order valence-corrected chi connectivity index (χ2v) is 7.25. The fraction of sp³-hybridized carbons (Fsp3) is 0.333. The predicted molar refractivity (Wildman–Crippen MR) is 108 cm³/mol. The van der Waals surface area contributed by atoms with Crippen LogP contribution in [0, 0.1) is 6.92 Å². The van der Waals surface area contributed by atoms with Crippen LogP contribution in [0.5, 0.6) is 0 Å². The summed E-state index contributed by atoms with van der Waals surface area (Å²) in [5, 5.41) is 5.76.